The number of nitrogens with one attached hydrogen (secondary N) is 1. The number of nitrogens with zero attached hydrogens (tertiary/aromatic N) is 4. The van der Waals surface area contributed by atoms with Crippen molar-refractivity contribution in [3.05, 3.63) is 53.1 Å². The molecule has 1 aliphatic rings. The van der Waals surface area contributed by atoms with E-state index in [9.17, 15) is 5.26 Å². The number of nitriles is 1. The van der Waals surface area contributed by atoms with Crippen molar-refractivity contribution in [3.63, 3.8) is 0 Å². The third-order valence-electron chi connectivity index (χ3n) is 4.43. The Morgan fingerprint density at radius 3 is 2.54 bits per heavy atom. The Kier molecular flexibility index (Phi) is 4.97. The van der Waals surface area contributed by atoms with Crippen LogP contribution in [0.25, 0.3) is 0 Å². The van der Waals surface area contributed by atoms with Crippen LogP contribution in [0.4, 0.5) is 11.6 Å². The lowest BCUT2D eigenvalue weighted by molar-refractivity contribution is 0.312. The van der Waals surface area contributed by atoms with E-state index in [-0.39, 0.29) is 0 Å². The largest absolute Gasteiger partial charge is 0.366 e. The maximum Gasteiger partial charge on any atom is 0.149 e. The molecule has 1 aliphatic heterocycles. The van der Waals surface area contributed by atoms with Crippen molar-refractivity contribution in [2.45, 2.75) is 13.5 Å². The van der Waals surface area contributed by atoms with Gasteiger partial charge in [0.2, 0.25) is 0 Å². The van der Waals surface area contributed by atoms with E-state index in [1.54, 1.807) is 0 Å². The number of rotatable bonds is 4. The van der Waals surface area contributed by atoms with Crippen molar-refractivity contribution in [1.82, 2.24) is 9.88 Å². The molecule has 2 heterocycles. The average molecular weight is 321 g/mol. The predicted molar refractivity (Wildman–Crippen MR) is 97.2 cm³/mol. The van der Waals surface area contributed by atoms with Crippen LogP contribution >= 0.6 is 0 Å². The van der Waals surface area contributed by atoms with Gasteiger partial charge in [-0.15, -0.1) is 0 Å². The zero-order chi connectivity index (χ0) is 16.9. The van der Waals surface area contributed by atoms with Gasteiger partial charge in [-0.05, 0) is 31.2 Å². The van der Waals surface area contributed by atoms with Gasteiger partial charge < -0.3 is 15.1 Å². The fourth-order valence-electron chi connectivity index (χ4n) is 2.92. The monoisotopic (exact) mass is 321 g/mol. The Balaban J connectivity index is 1.82. The maximum atomic E-state index is 9.53. The van der Waals surface area contributed by atoms with Crippen LogP contribution in [0.15, 0.2) is 36.4 Å². The summed E-state index contributed by atoms with van der Waals surface area (Å²) in [5, 5.41) is 12.9. The number of likely N-dealkylation sites (N-methyl/N-ethyl adjacent to an activating group) is 1. The summed E-state index contributed by atoms with van der Waals surface area (Å²) in [6.45, 7) is 6.49. The molecule has 0 radical (unpaired) electrons. The van der Waals surface area contributed by atoms with Gasteiger partial charge in [0, 0.05) is 32.7 Å². The highest BCUT2D eigenvalue weighted by Gasteiger charge is 2.20. The lowest BCUT2D eigenvalue weighted by atomic mass is 10.1. The summed E-state index contributed by atoms with van der Waals surface area (Å²) in [6, 6.07) is 14.5. The standard InChI is InChI=1S/C19H23N5/c1-15-12-18(21-14-16-6-4-3-5-7-16)22-19(17(15)13-20)24-10-8-23(2)9-11-24/h3-7,12H,8-11,14H2,1-2H3,(H,21,22). The molecular weight excluding hydrogens is 298 g/mol. The van der Waals surface area contributed by atoms with E-state index in [2.05, 4.69) is 40.4 Å². The molecular formula is C19H23N5. The number of piperazine rings is 1. The number of aryl methyl sites for hydroxylation is 1. The number of anilines is 2. The Morgan fingerprint density at radius 1 is 1.17 bits per heavy atom. The van der Waals surface area contributed by atoms with Gasteiger partial charge in [0.15, 0.2) is 0 Å². The summed E-state index contributed by atoms with van der Waals surface area (Å²) < 4.78 is 0. The Morgan fingerprint density at radius 2 is 1.88 bits per heavy atom. The second-order valence-corrected chi connectivity index (χ2v) is 6.26. The van der Waals surface area contributed by atoms with Crippen molar-refractivity contribution >= 4 is 11.6 Å². The average Bonchev–Trinajstić information content (AvgIpc) is 2.61. The first kappa shape index (κ1) is 16.3. The zero-order valence-electron chi connectivity index (χ0n) is 14.3. The molecule has 1 aromatic carbocycles. The Labute approximate surface area is 143 Å². The third-order valence-corrected chi connectivity index (χ3v) is 4.43. The summed E-state index contributed by atoms with van der Waals surface area (Å²) in [4.78, 5) is 9.26. The molecule has 1 fully saturated rings. The topological polar surface area (TPSA) is 55.2 Å². The van der Waals surface area contributed by atoms with Crippen molar-refractivity contribution in [3.8, 4) is 6.07 Å². The minimum absolute atomic E-state index is 0.685. The van der Waals surface area contributed by atoms with E-state index in [0.717, 1.165) is 49.9 Å². The van der Waals surface area contributed by atoms with E-state index >= 15 is 0 Å². The Bertz CT molecular complexity index is 727. The molecule has 1 N–H and O–H groups in total. The van der Waals surface area contributed by atoms with Gasteiger partial charge in [0.05, 0.1) is 5.56 Å². The van der Waals surface area contributed by atoms with Crippen LogP contribution in [0.1, 0.15) is 16.7 Å². The fourth-order valence-corrected chi connectivity index (χ4v) is 2.92. The first-order valence-electron chi connectivity index (χ1n) is 8.30. The van der Waals surface area contributed by atoms with Crippen LogP contribution in [0.3, 0.4) is 0 Å². The SMILES string of the molecule is Cc1cc(NCc2ccccc2)nc(N2CCN(C)CC2)c1C#N. The molecule has 5 nitrogen and oxygen atoms in total. The van der Waals surface area contributed by atoms with Crippen LogP contribution in [-0.4, -0.2) is 43.1 Å². The van der Waals surface area contributed by atoms with Crippen LogP contribution < -0.4 is 10.2 Å². The molecule has 0 bridgehead atoms. The van der Waals surface area contributed by atoms with E-state index in [4.69, 9.17) is 4.98 Å². The van der Waals surface area contributed by atoms with Gasteiger partial charge >= 0.3 is 0 Å². The fraction of sp³-hybridized carbons (Fsp3) is 0.368. The molecule has 124 valence electrons. The van der Waals surface area contributed by atoms with Crippen molar-refractivity contribution in [2.75, 3.05) is 43.4 Å². The predicted octanol–water partition coefficient (Wildman–Crippen LogP) is 2.63. The molecule has 2 aromatic rings. The molecule has 0 amide bonds. The molecule has 1 aromatic heterocycles. The molecule has 0 spiro atoms. The highest BCUT2D eigenvalue weighted by Crippen LogP contribution is 2.25. The highest BCUT2D eigenvalue weighted by atomic mass is 15.3. The van der Waals surface area contributed by atoms with Gasteiger partial charge in [0.25, 0.3) is 0 Å². The number of benzene rings is 1. The van der Waals surface area contributed by atoms with E-state index in [0.29, 0.717) is 5.56 Å². The summed E-state index contributed by atoms with van der Waals surface area (Å²) in [5.41, 5.74) is 2.87. The van der Waals surface area contributed by atoms with Crippen LogP contribution in [0.2, 0.25) is 0 Å². The summed E-state index contributed by atoms with van der Waals surface area (Å²) in [5.74, 6) is 1.63. The number of hydrogen-bond donors (Lipinski definition) is 1. The second-order valence-electron chi connectivity index (χ2n) is 6.26. The maximum absolute atomic E-state index is 9.53. The smallest absolute Gasteiger partial charge is 0.149 e. The van der Waals surface area contributed by atoms with Crippen molar-refractivity contribution in [2.24, 2.45) is 0 Å². The molecule has 1 saturated heterocycles. The molecule has 0 aliphatic carbocycles. The summed E-state index contributed by atoms with van der Waals surface area (Å²) >= 11 is 0. The van der Waals surface area contributed by atoms with E-state index in [1.165, 1.54) is 5.56 Å². The van der Waals surface area contributed by atoms with Crippen LogP contribution in [0.5, 0.6) is 0 Å². The number of pyridine rings is 1. The van der Waals surface area contributed by atoms with Crippen LogP contribution in [-0.2, 0) is 6.54 Å². The number of hydrogen-bond acceptors (Lipinski definition) is 5. The molecule has 0 unspecified atom stereocenters. The van der Waals surface area contributed by atoms with Gasteiger partial charge in [-0.3, -0.25) is 0 Å². The first-order chi connectivity index (χ1) is 11.7. The highest BCUT2D eigenvalue weighted by molar-refractivity contribution is 5.62. The van der Waals surface area contributed by atoms with E-state index in [1.807, 2.05) is 31.2 Å². The van der Waals surface area contributed by atoms with Gasteiger partial charge in [-0.2, -0.15) is 5.26 Å². The summed E-state index contributed by atoms with van der Waals surface area (Å²) in [6.07, 6.45) is 0. The van der Waals surface area contributed by atoms with Crippen molar-refractivity contribution in [1.29, 1.82) is 5.26 Å². The molecule has 0 atom stereocenters. The first-order valence-corrected chi connectivity index (χ1v) is 8.30. The molecule has 0 saturated carbocycles. The number of aromatic nitrogens is 1. The summed E-state index contributed by atoms with van der Waals surface area (Å²) in [7, 11) is 2.12. The minimum Gasteiger partial charge on any atom is -0.366 e. The quantitative estimate of drug-likeness (QED) is 0.938. The molecule has 24 heavy (non-hydrogen) atoms. The third kappa shape index (κ3) is 3.66. The van der Waals surface area contributed by atoms with Gasteiger partial charge in [-0.1, -0.05) is 30.3 Å². The van der Waals surface area contributed by atoms with Crippen molar-refractivity contribution < 1.29 is 0 Å². The van der Waals surface area contributed by atoms with E-state index < -0.39 is 0 Å². The molecule has 5 heteroatoms. The van der Waals surface area contributed by atoms with Gasteiger partial charge in [-0.25, -0.2) is 4.98 Å². The second kappa shape index (κ2) is 7.33. The Hall–Kier alpha value is -2.58. The van der Waals surface area contributed by atoms with Gasteiger partial charge in [0.1, 0.15) is 17.7 Å². The zero-order valence-corrected chi connectivity index (χ0v) is 14.3. The normalized spacial score (nSPS) is 15.1. The van der Waals surface area contributed by atoms with Crippen LogP contribution in [0, 0.1) is 18.3 Å². The molecule has 3 rings (SSSR count). The lowest BCUT2D eigenvalue weighted by Crippen LogP contribution is -2.45. The minimum atomic E-state index is 0.685. The lowest BCUT2D eigenvalue weighted by Gasteiger charge is -2.34.